The van der Waals surface area contributed by atoms with E-state index in [2.05, 4.69) is 9.97 Å². The van der Waals surface area contributed by atoms with Gasteiger partial charge in [0.05, 0.1) is 18.9 Å². The first-order chi connectivity index (χ1) is 15.8. The Morgan fingerprint density at radius 1 is 1.18 bits per heavy atom. The van der Waals surface area contributed by atoms with Gasteiger partial charge in [-0.3, -0.25) is 14.7 Å². The minimum atomic E-state index is -1.25. The minimum Gasteiger partial charge on any atom is -0.497 e. The van der Waals surface area contributed by atoms with Crippen molar-refractivity contribution in [1.29, 1.82) is 0 Å². The minimum absolute atomic E-state index is 0.184. The molecule has 4 heterocycles. The molecule has 0 N–H and O–H groups in total. The lowest BCUT2D eigenvalue weighted by Gasteiger charge is -2.43. The fourth-order valence-corrected chi connectivity index (χ4v) is 4.78. The Labute approximate surface area is 190 Å². The summed E-state index contributed by atoms with van der Waals surface area (Å²) in [6.07, 6.45) is 5.41. The number of hydrogen-bond acceptors (Lipinski definition) is 6. The highest BCUT2D eigenvalue weighted by molar-refractivity contribution is 6.15. The van der Waals surface area contributed by atoms with Gasteiger partial charge in [0.2, 0.25) is 5.95 Å². The van der Waals surface area contributed by atoms with Crippen molar-refractivity contribution in [2.45, 2.75) is 30.9 Å². The fourth-order valence-electron chi connectivity index (χ4n) is 4.78. The number of pyridine rings is 2. The van der Waals surface area contributed by atoms with Crippen molar-refractivity contribution in [3.63, 3.8) is 0 Å². The van der Waals surface area contributed by atoms with E-state index in [9.17, 15) is 9.18 Å². The summed E-state index contributed by atoms with van der Waals surface area (Å²) in [5.41, 5.74) is -0.162. The van der Waals surface area contributed by atoms with E-state index in [0.717, 1.165) is 11.3 Å². The second-order valence-corrected chi connectivity index (χ2v) is 8.63. The van der Waals surface area contributed by atoms with E-state index < -0.39 is 17.1 Å². The van der Waals surface area contributed by atoms with Gasteiger partial charge >= 0.3 is 0 Å². The first-order valence-electron chi connectivity index (χ1n) is 10.6. The van der Waals surface area contributed by atoms with Crippen LogP contribution in [0.15, 0.2) is 66.0 Å². The number of benzene rings is 1. The molecule has 0 saturated heterocycles. The molecule has 2 aliphatic heterocycles. The number of hydrogen-bond donors (Lipinski definition) is 0. The molecule has 0 aliphatic carbocycles. The summed E-state index contributed by atoms with van der Waals surface area (Å²) in [4.78, 5) is 27.9. The molecule has 168 valence electrons. The topological polar surface area (TPSA) is 76.9 Å². The third kappa shape index (κ3) is 3.42. The first kappa shape index (κ1) is 21.1. The number of fused-ring (bicyclic) bond motifs is 2. The average Bonchev–Trinajstić information content (AvgIpc) is 3.05. The Morgan fingerprint density at radius 2 is 1.97 bits per heavy atom. The molecule has 1 spiro atoms. The van der Waals surface area contributed by atoms with Gasteiger partial charge in [0.15, 0.2) is 5.54 Å². The van der Waals surface area contributed by atoms with Crippen LogP contribution in [0, 0.1) is 5.95 Å². The van der Waals surface area contributed by atoms with Crippen LogP contribution in [-0.2, 0) is 16.8 Å². The highest BCUT2D eigenvalue weighted by atomic mass is 19.1. The highest BCUT2D eigenvalue weighted by Gasteiger charge is 2.57. The van der Waals surface area contributed by atoms with Gasteiger partial charge in [0.1, 0.15) is 22.9 Å². The Bertz CT molecular complexity index is 1260. The normalized spacial score (nSPS) is 23.8. The van der Waals surface area contributed by atoms with Crippen LogP contribution in [0.1, 0.15) is 30.0 Å². The molecular formula is C25H23FN4O3. The van der Waals surface area contributed by atoms with Crippen molar-refractivity contribution in [3.05, 3.63) is 83.7 Å². The van der Waals surface area contributed by atoms with Crippen LogP contribution >= 0.6 is 0 Å². The lowest BCUT2D eigenvalue weighted by atomic mass is 9.75. The molecule has 0 fully saturated rings. The number of carbonyl (C=O) groups excluding carboxylic acids is 1. The summed E-state index contributed by atoms with van der Waals surface area (Å²) in [6, 6.07) is 12.7. The number of aromatic nitrogens is 2. The zero-order chi connectivity index (χ0) is 23.2. The van der Waals surface area contributed by atoms with Gasteiger partial charge < -0.3 is 9.47 Å². The van der Waals surface area contributed by atoms with Gasteiger partial charge in [-0.2, -0.15) is 4.39 Å². The standard InChI is InChI=1S/C25H23FN4O3/c1-24(13-16-6-8-17(32-3)9-7-16)15-25(19-10-12-27-14-20(19)33-24)23(31)30(2)22(29-25)18-5-4-11-28-21(18)26/h4-12,14H,13,15H2,1-3H3. The van der Waals surface area contributed by atoms with E-state index in [1.54, 1.807) is 44.8 Å². The van der Waals surface area contributed by atoms with E-state index in [1.165, 1.54) is 11.1 Å². The summed E-state index contributed by atoms with van der Waals surface area (Å²) in [6.45, 7) is 1.96. The van der Waals surface area contributed by atoms with Crippen LogP contribution < -0.4 is 9.47 Å². The molecule has 2 atom stereocenters. The van der Waals surface area contributed by atoms with Crippen LogP contribution in [0.5, 0.6) is 11.5 Å². The maximum atomic E-state index is 14.5. The molecule has 0 radical (unpaired) electrons. The number of likely N-dealkylation sites (N-methyl/N-ethyl adjacent to an activating group) is 1. The zero-order valence-corrected chi connectivity index (χ0v) is 18.6. The first-order valence-corrected chi connectivity index (χ1v) is 10.6. The molecule has 2 aromatic heterocycles. The SMILES string of the molecule is COc1ccc(CC2(C)CC3(N=C(c4cccnc4F)N(C)C3=O)c3ccncc3O2)cc1. The maximum Gasteiger partial charge on any atom is 0.260 e. The van der Waals surface area contributed by atoms with E-state index in [-0.39, 0.29) is 23.7 Å². The number of aliphatic imine (C=N–C) groups is 1. The van der Waals surface area contributed by atoms with Crippen molar-refractivity contribution >= 4 is 11.7 Å². The summed E-state index contributed by atoms with van der Waals surface area (Å²) >= 11 is 0. The zero-order valence-electron chi connectivity index (χ0n) is 18.6. The molecule has 33 heavy (non-hydrogen) atoms. The molecule has 3 aromatic rings. The number of methoxy groups -OCH3 is 1. The molecule has 8 heteroatoms. The number of ether oxygens (including phenoxy) is 2. The van der Waals surface area contributed by atoms with E-state index >= 15 is 0 Å². The summed E-state index contributed by atoms with van der Waals surface area (Å²) in [7, 11) is 3.23. The number of rotatable bonds is 4. The molecule has 5 rings (SSSR count). The van der Waals surface area contributed by atoms with Crippen LogP contribution in [0.25, 0.3) is 0 Å². The molecule has 2 aliphatic rings. The molecule has 2 unspecified atom stereocenters. The molecule has 1 aromatic carbocycles. The van der Waals surface area contributed by atoms with E-state index in [0.29, 0.717) is 17.7 Å². The molecule has 0 bridgehead atoms. The van der Waals surface area contributed by atoms with Crippen LogP contribution in [0.2, 0.25) is 0 Å². The molecule has 1 amide bonds. The maximum absolute atomic E-state index is 14.5. The third-order valence-electron chi connectivity index (χ3n) is 6.23. The summed E-state index contributed by atoms with van der Waals surface area (Å²) in [5, 5.41) is 0. The quantitative estimate of drug-likeness (QED) is 0.573. The van der Waals surface area contributed by atoms with Crippen LogP contribution in [-0.4, -0.2) is 46.4 Å². The predicted octanol–water partition coefficient (Wildman–Crippen LogP) is 3.52. The third-order valence-corrected chi connectivity index (χ3v) is 6.23. The van der Waals surface area contributed by atoms with Crippen molar-refractivity contribution in [3.8, 4) is 11.5 Å². The van der Waals surface area contributed by atoms with Gasteiger partial charge in [-0.15, -0.1) is 0 Å². The predicted molar refractivity (Wildman–Crippen MR) is 120 cm³/mol. The smallest absolute Gasteiger partial charge is 0.260 e. The van der Waals surface area contributed by atoms with Crippen molar-refractivity contribution in [1.82, 2.24) is 14.9 Å². The number of nitrogens with zero attached hydrogens (tertiary/aromatic N) is 4. The van der Waals surface area contributed by atoms with E-state index in [4.69, 9.17) is 14.5 Å². The number of amides is 1. The second-order valence-electron chi connectivity index (χ2n) is 8.63. The van der Waals surface area contributed by atoms with Gasteiger partial charge in [-0.05, 0) is 42.8 Å². The van der Waals surface area contributed by atoms with Gasteiger partial charge in [-0.25, -0.2) is 9.98 Å². The second kappa shape index (κ2) is 7.65. The van der Waals surface area contributed by atoms with Crippen molar-refractivity contribution < 1.29 is 18.7 Å². The lowest BCUT2D eigenvalue weighted by molar-refractivity contribution is -0.133. The van der Waals surface area contributed by atoms with Gasteiger partial charge in [-0.1, -0.05) is 12.1 Å². The fraction of sp³-hybridized carbons (Fsp3) is 0.280. The Kier molecular flexibility index (Phi) is 4.88. The van der Waals surface area contributed by atoms with Gasteiger partial charge in [0, 0.05) is 37.8 Å². The molecule has 7 nitrogen and oxygen atoms in total. The lowest BCUT2D eigenvalue weighted by Crippen LogP contribution is -2.51. The Morgan fingerprint density at radius 3 is 2.70 bits per heavy atom. The largest absolute Gasteiger partial charge is 0.497 e. The van der Waals surface area contributed by atoms with E-state index in [1.807, 2.05) is 31.2 Å². The molecular weight excluding hydrogens is 423 g/mol. The Balaban J connectivity index is 1.61. The van der Waals surface area contributed by atoms with Crippen molar-refractivity contribution in [2.75, 3.05) is 14.2 Å². The number of amidine groups is 1. The number of carbonyl (C=O) groups is 1. The summed E-state index contributed by atoms with van der Waals surface area (Å²) < 4.78 is 26.2. The number of halogens is 1. The van der Waals surface area contributed by atoms with Crippen LogP contribution in [0.3, 0.4) is 0 Å². The highest BCUT2D eigenvalue weighted by Crippen LogP contribution is 2.50. The Hall–Kier alpha value is -3.81. The summed E-state index contributed by atoms with van der Waals surface area (Å²) in [5.74, 6) is 0.605. The molecule has 0 saturated carbocycles. The van der Waals surface area contributed by atoms with Crippen molar-refractivity contribution in [2.24, 2.45) is 4.99 Å². The monoisotopic (exact) mass is 446 g/mol. The van der Waals surface area contributed by atoms with Crippen LogP contribution in [0.4, 0.5) is 4.39 Å². The van der Waals surface area contributed by atoms with Gasteiger partial charge in [0.25, 0.3) is 5.91 Å². The average molecular weight is 446 g/mol.